The van der Waals surface area contributed by atoms with Crippen LogP contribution in [0.15, 0.2) is 12.3 Å². The number of carbonyl (C=O) groups excluding carboxylic acids is 1. The molecule has 6 heteroatoms. The molecule has 2 atom stereocenters. The molecule has 0 radical (unpaired) electrons. The van der Waals surface area contributed by atoms with Crippen molar-refractivity contribution < 1.29 is 9.53 Å². The summed E-state index contributed by atoms with van der Waals surface area (Å²) in [6, 6.07) is 2.23. The quantitative estimate of drug-likeness (QED) is 0.585. The second kappa shape index (κ2) is 11.5. The Kier molecular flexibility index (Phi) is 8.50. The number of hydrogen-bond donors (Lipinski definition) is 2. The molecule has 180 valence electrons. The van der Waals surface area contributed by atoms with E-state index in [1.54, 1.807) is 0 Å². The highest BCUT2D eigenvalue weighted by Gasteiger charge is 2.37. The van der Waals surface area contributed by atoms with Gasteiger partial charge < -0.3 is 15.0 Å². The van der Waals surface area contributed by atoms with Crippen LogP contribution >= 0.6 is 0 Å². The predicted octanol–water partition coefficient (Wildman–Crippen LogP) is 5.48. The summed E-state index contributed by atoms with van der Waals surface area (Å²) < 4.78 is 6.50. The van der Waals surface area contributed by atoms with Crippen molar-refractivity contribution in [2.75, 3.05) is 19.7 Å². The van der Waals surface area contributed by atoms with E-state index in [2.05, 4.69) is 40.3 Å². The average Bonchev–Trinajstić information content (AvgIpc) is 3.37. The van der Waals surface area contributed by atoms with Crippen molar-refractivity contribution in [1.29, 1.82) is 0 Å². The first-order chi connectivity index (χ1) is 15.6. The molecule has 2 amide bonds. The number of nitrogens with zero attached hydrogens (tertiary/aromatic N) is 2. The predicted molar refractivity (Wildman–Crippen MR) is 128 cm³/mol. The fourth-order valence-corrected chi connectivity index (χ4v) is 6.23. The number of hydrogen-bond acceptors (Lipinski definition) is 3. The third kappa shape index (κ3) is 6.06. The molecule has 1 saturated heterocycles. The molecule has 0 unspecified atom stereocenters. The van der Waals surface area contributed by atoms with Crippen LogP contribution in [0.2, 0.25) is 0 Å². The van der Waals surface area contributed by atoms with Crippen LogP contribution in [0.5, 0.6) is 0 Å². The third-order valence-electron chi connectivity index (χ3n) is 8.39. The van der Waals surface area contributed by atoms with Gasteiger partial charge in [-0.15, -0.1) is 0 Å². The first kappa shape index (κ1) is 23.6. The van der Waals surface area contributed by atoms with Crippen LogP contribution in [0.25, 0.3) is 0 Å². The fraction of sp³-hybridized carbons (Fsp3) is 0.846. The highest BCUT2D eigenvalue weighted by Crippen LogP contribution is 2.35. The minimum Gasteiger partial charge on any atom is -0.376 e. The van der Waals surface area contributed by atoms with Crippen molar-refractivity contribution in [3.63, 3.8) is 0 Å². The van der Waals surface area contributed by atoms with E-state index in [0.29, 0.717) is 18.6 Å². The topological polar surface area (TPSA) is 70.2 Å². The van der Waals surface area contributed by atoms with Gasteiger partial charge in [0.15, 0.2) is 0 Å². The summed E-state index contributed by atoms with van der Waals surface area (Å²) >= 11 is 0. The van der Waals surface area contributed by atoms with Gasteiger partial charge in [-0.05, 0) is 75.2 Å². The highest BCUT2D eigenvalue weighted by atomic mass is 16.5. The van der Waals surface area contributed by atoms with Crippen LogP contribution in [0.3, 0.4) is 0 Å². The standard InChI is InChI=1S/C26H44N4O2/c1-19(2)21-10-12-22(13-11-21)32-18-25-23(24-14-15-28-29-24)9-6-16-30(25)26(31)27-17-20-7-4-3-5-8-20/h14-15,19-23,25H,3-13,16-18H2,1-2H3,(H,27,31)(H,28,29)/t21?,22?,23-,25+/m1/s1. The molecule has 3 aliphatic rings. The molecular formula is C26H44N4O2. The van der Waals surface area contributed by atoms with Crippen molar-refractivity contribution >= 4 is 6.03 Å². The Morgan fingerprint density at radius 3 is 2.59 bits per heavy atom. The van der Waals surface area contributed by atoms with E-state index in [1.165, 1.54) is 44.9 Å². The minimum atomic E-state index is 0.0679. The first-order valence-electron chi connectivity index (χ1n) is 13.3. The van der Waals surface area contributed by atoms with Gasteiger partial charge in [0.2, 0.25) is 0 Å². The van der Waals surface area contributed by atoms with Crippen molar-refractivity contribution in [2.24, 2.45) is 17.8 Å². The van der Waals surface area contributed by atoms with Crippen molar-refractivity contribution in [3.05, 3.63) is 18.0 Å². The van der Waals surface area contributed by atoms with Gasteiger partial charge in [0.25, 0.3) is 0 Å². The minimum absolute atomic E-state index is 0.0679. The lowest BCUT2D eigenvalue weighted by Gasteiger charge is -2.42. The van der Waals surface area contributed by atoms with E-state index >= 15 is 0 Å². The Morgan fingerprint density at radius 2 is 1.91 bits per heavy atom. The Balaban J connectivity index is 1.37. The fourth-order valence-electron chi connectivity index (χ4n) is 6.23. The van der Waals surface area contributed by atoms with Gasteiger partial charge in [0.1, 0.15) is 0 Å². The molecule has 1 aromatic heterocycles. The molecule has 2 heterocycles. The van der Waals surface area contributed by atoms with E-state index in [1.807, 2.05) is 6.20 Å². The maximum Gasteiger partial charge on any atom is 0.317 e. The number of ether oxygens (including phenoxy) is 1. The Bertz CT molecular complexity index is 678. The summed E-state index contributed by atoms with van der Waals surface area (Å²) in [6.45, 7) is 6.93. The maximum absolute atomic E-state index is 13.3. The van der Waals surface area contributed by atoms with E-state index in [4.69, 9.17) is 4.74 Å². The smallest absolute Gasteiger partial charge is 0.317 e. The zero-order valence-electron chi connectivity index (χ0n) is 20.2. The number of amides is 2. The number of piperidine rings is 1. The zero-order chi connectivity index (χ0) is 22.3. The number of carbonyl (C=O) groups is 1. The molecule has 32 heavy (non-hydrogen) atoms. The molecule has 1 aromatic rings. The van der Waals surface area contributed by atoms with E-state index in [0.717, 1.165) is 56.3 Å². The Labute approximate surface area is 194 Å². The van der Waals surface area contributed by atoms with Gasteiger partial charge in [-0.2, -0.15) is 5.10 Å². The van der Waals surface area contributed by atoms with Crippen LogP contribution in [0, 0.1) is 17.8 Å². The van der Waals surface area contributed by atoms with Crippen LogP contribution in [-0.4, -0.2) is 53.0 Å². The highest BCUT2D eigenvalue weighted by molar-refractivity contribution is 5.74. The lowest BCUT2D eigenvalue weighted by Crippen LogP contribution is -2.54. The van der Waals surface area contributed by atoms with Crippen LogP contribution < -0.4 is 5.32 Å². The van der Waals surface area contributed by atoms with Crippen molar-refractivity contribution in [1.82, 2.24) is 20.4 Å². The monoisotopic (exact) mass is 444 g/mol. The number of aromatic nitrogens is 2. The molecule has 1 aliphatic heterocycles. The van der Waals surface area contributed by atoms with E-state index in [-0.39, 0.29) is 18.0 Å². The number of likely N-dealkylation sites (tertiary alicyclic amines) is 1. The Hall–Kier alpha value is -1.56. The van der Waals surface area contributed by atoms with E-state index < -0.39 is 0 Å². The number of urea groups is 1. The molecule has 2 N–H and O–H groups in total. The maximum atomic E-state index is 13.3. The molecule has 2 saturated carbocycles. The second-order valence-corrected chi connectivity index (χ2v) is 10.8. The van der Waals surface area contributed by atoms with Gasteiger partial charge in [0, 0.05) is 30.9 Å². The zero-order valence-corrected chi connectivity index (χ0v) is 20.2. The van der Waals surface area contributed by atoms with Crippen LogP contribution in [0.1, 0.15) is 96.1 Å². The molecule has 6 nitrogen and oxygen atoms in total. The molecule has 0 aromatic carbocycles. The first-order valence-corrected chi connectivity index (χ1v) is 13.3. The normalized spacial score (nSPS) is 29.9. The van der Waals surface area contributed by atoms with Gasteiger partial charge in [0.05, 0.1) is 18.8 Å². The summed E-state index contributed by atoms with van der Waals surface area (Å²) in [5.74, 6) is 2.51. The van der Waals surface area contributed by atoms with Crippen molar-refractivity contribution in [2.45, 2.75) is 103 Å². The van der Waals surface area contributed by atoms with Gasteiger partial charge in [-0.1, -0.05) is 33.1 Å². The van der Waals surface area contributed by atoms with Crippen LogP contribution in [0.4, 0.5) is 4.79 Å². The summed E-state index contributed by atoms with van der Waals surface area (Å²) in [6.07, 6.45) is 15.6. The molecule has 0 spiro atoms. The van der Waals surface area contributed by atoms with Gasteiger partial charge in [-0.3, -0.25) is 5.10 Å². The number of H-pyrrole nitrogens is 1. The summed E-state index contributed by atoms with van der Waals surface area (Å²) in [4.78, 5) is 15.3. The molecule has 4 rings (SSSR count). The summed E-state index contributed by atoms with van der Waals surface area (Å²) in [5.41, 5.74) is 1.13. The average molecular weight is 445 g/mol. The van der Waals surface area contributed by atoms with E-state index in [9.17, 15) is 4.79 Å². The summed E-state index contributed by atoms with van der Waals surface area (Å²) in [7, 11) is 0. The lowest BCUT2D eigenvalue weighted by atomic mass is 9.80. The third-order valence-corrected chi connectivity index (χ3v) is 8.39. The van der Waals surface area contributed by atoms with Gasteiger partial charge >= 0.3 is 6.03 Å². The number of aromatic amines is 1. The SMILES string of the molecule is CC(C)C1CCC(OC[C@H]2[C@@H](c3ccn[nH]3)CCCN2C(=O)NCC2CCCCC2)CC1. The molecule has 3 fully saturated rings. The number of rotatable bonds is 7. The largest absolute Gasteiger partial charge is 0.376 e. The molecule has 0 bridgehead atoms. The second-order valence-electron chi connectivity index (χ2n) is 10.8. The Morgan fingerprint density at radius 1 is 1.12 bits per heavy atom. The van der Waals surface area contributed by atoms with Gasteiger partial charge in [-0.25, -0.2) is 4.79 Å². The molecular weight excluding hydrogens is 400 g/mol. The lowest BCUT2D eigenvalue weighted by molar-refractivity contribution is -0.0239. The van der Waals surface area contributed by atoms with Crippen LogP contribution in [-0.2, 0) is 4.74 Å². The number of nitrogens with one attached hydrogen (secondary N) is 2. The molecule has 2 aliphatic carbocycles. The summed E-state index contributed by atoms with van der Waals surface area (Å²) in [5, 5.41) is 10.6. The van der Waals surface area contributed by atoms with Crippen molar-refractivity contribution in [3.8, 4) is 0 Å².